The van der Waals surface area contributed by atoms with Crippen molar-refractivity contribution in [3.63, 3.8) is 0 Å². The molecule has 0 N–H and O–H groups in total. The van der Waals surface area contributed by atoms with E-state index in [9.17, 15) is 9.59 Å². The molecule has 112 valence electrons. The Kier molecular flexibility index (Phi) is 4.96. The van der Waals surface area contributed by atoms with E-state index in [1.807, 2.05) is 44.2 Å². The van der Waals surface area contributed by atoms with E-state index in [-0.39, 0.29) is 18.4 Å². The summed E-state index contributed by atoms with van der Waals surface area (Å²) in [5.41, 5.74) is 0. The minimum Gasteiger partial charge on any atom is -0.342 e. The summed E-state index contributed by atoms with van der Waals surface area (Å²) in [6.45, 7) is 5.33. The number of benzene rings is 1. The van der Waals surface area contributed by atoms with Crippen molar-refractivity contribution in [1.82, 2.24) is 9.80 Å². The molecule has 0 atom stereocenters. The van der Waals surface area contributed by atoms with Gasteiger partial charge in [0, 0.05) is 24.8 Å². The second-order valence-corrected chi connectivity index (χ2v) is 5.96. The summed E-state index contributed by atoms with van der Waals surface area (Å²) in [6, 6.07) is 9.79. The van der Waals surface area contributed by atoms with Crippen LogP contribution < -0.4 is 0 Å². The number of hydrogen-bond donors (Lipinski definition) is 0. The Morgan fingerprint density at radius 3 is 2.43 bits per heavy atom. The number of thiophene rings is 1. The highest BCUT2D eigenvalue weighted by Crippen LogP contribution is 2.26. The van der Waals surface area contributed by atoms with Crippen LogP contribution in [0.5, 0.6) is 0 Å². The van der Waals surface area contributed by atoms with Crippen LogP contribution >= 0.6 is 11.3 Å². The smallest absolute Gasteiger partial charge is 0.264 e. The monoisotopic (exact) mass is 304 g/mol. The van der Waals surface area contributed by atoms with Crippen molar-refractivity contribution in [3.8, 4) is 0 Å². The van der Waals surface area contributed by atoms with Crippen LogP contribution in [-0.4, -0.2) is 48.3 Å². The number of nitrogens with zero attached hydrogens (tertiary/aromatic N) is 2. The highest BCUT2D eigenvalue weighted by molar-refractivity contribution is 7.20. The lowest BCUT2D eigenvalue weighted by Gasteiger charge is -2.22. The predicted octanol–water partition coefficient (Wildman–Crippen LogP) is 2.84. The quantitative estimate of drug-likeness (QED) is 0.852. The Hall–Kier alpha value is -1.88. The van der Waals surface area contributed by atoms with Gasteiger partial charge in [-0.05, 0) is 31.4 Å². The van der Waals surface area contributed by atoms with Crippen molar-refractivity contribution in [2.75, 3.05) is 26.7 Å². The van der Waals surface area contributed by atoms with Crippen LogP contribution in [0.1, 0.15) is 23.5 Å². The first-order chi connectivity index (χ1) is 10.1. The van der Waals surface area contributed by atoms with Crippen LogP contribution in [0.2, 0.25) is 0 Å². The van der Waals surface area contributed by atoms with Crippen LogP contribution in [0.15, 0.2) is 30.3 Å². The van der Waals surface area contributed by atoms with Gasteiger partial charge >= 0.3 is 0 Å². The molecular weight excluding hydrogens is 284 g/mol. The van der Waals surface area contributed by atoms with Gasteiger partial charge in [-0.1, -0.05) is 18.2 Å². The van der Waals surface area contributed by atoms with E-state index in [0.29, 0.717) is 18.0 Å². The number of hydrogen-bond acceptors (Lipinski definition) is 3. The van der Waals surface area contributed by atoms with Gasteiger partial charge in [0.15, 0.2) is 0 Å². The molecule has 0 aliphatic heterocycles. The zero-order valence-electron chi connectivity index (χ0n) is 12.6. The Labute approximate surface area is 129 Å². The Bertz CT molecular complexity index is 614. The van der Waals surface area contributed by atoms with Gasteiger partial charge in [0.1, 0.15) is 0 Å². The van der Waals surface area contributed by atoms with E-state index in [1.54, 1.807) is 11.9 Å². The third kappa shape index (κ3) is 3.42. The number of fused-ring (bicyclic) bond motifs is 1. The molecule has 0 spiro atoms. The zero-order valence-corrected chi connectivity index (χ0v) is 13.4. The Morgan fingerprint density at radius 2 is 1.81 bits per heavy atom. The zero-order chi connectivity index (χ0) is 15.4. The Morgan fingerprint density at radius 1 is 1.14 bits per heavy atom. The van der Waals surface area contributed by atoms with Crippen molar-refractivity contribution in [2.45, 2.75) is 13.8 Å². The molecule has 0 saturated heterocycles. The molecule has 1 heterocycles. The average Bonchev–Trinajstić information content (AvgIpc) is 2.91. The SMILES string of the molecule is CCN(CC)C(=O)CN(C)C(=O)c1cc2ccccc2s1. The fourth-order valence-corrected chi connectivity index (χ4v) is 3.28. The van der Waals surface area contributed by atoms with Crippen molar-refractivity contribution < 1.29 is 9.59 Å². The maximum absolute atomic E-state index is 12.4. The molecule has 2 aromatic rings. The summed E-state index contributed by atoms with van der Waals surface area (Å²) in [5, 5.41) is 1.06. The predicted molar refractivity (Wildman–Crippen MR) is 86.7 cm³/mol. The standard InChI is InChI=1S/C16H20N2O2S/c1-4-18(5-2)15(19)11-17(3)16(20)14-10-12-8-6-7-9-13(12)21-14/h6-10H,4-5,11H2,1-3H3. The summed E-state index contributed by atoms with van der Waals surface area (Å²) in [5.74, 6) is -0.117. The second kappa shape index (κ2) is 6.72. The number of carbonyl (C=O) groups excluding carboxylic acids is 2. The maximum atomic E-state index is 12.4. The van der Waals surface area contributed by atoms with Crippen molar-refractivity contribution >= 4 is 33.2 Å². The highest BCUT2D eigenvalue weighted by atomic mass is 32.1. The van der Waals surface area contributed by atoms with Gasteiger partial charge < -0.3 is 9.80 Å². The van der Waals surface area contributed by atoms with Crippen LogP contribution in [0.3, 0.4) is 0 Å². The molecule has 0 aliphatic carbocycles. The molecule has 21 heavy (non-hydrogen) atoms. The van der Waals surface area contributed by atoms with E-state index in [0.717, 1.165) is 10.1 Å². The molecule has 0 aliphatic rings. The largest absolute Gasteiger partial charge is 0.342 e. The summed E-state index contributed by atoms with van der Waals surface area (Å²) in [7, 11) is 1.67. The molecule has 4 nitrogen and oxygen atoms in total. The molecule has 0 saturated carbocycles. The maximum Gasteiger partial charge on any atom is 0.264 e. The van der Waals surface area contributed by atoms with Crippen LogP contribution in [0.25, 0.3) is 10.1 Å². The molecule has 5 heteroatoms. The number of amides is 2. The van der Waals surface area contributed by atoms with Gasteiger partial charge in [0.2, 0.25) is 5.91 Å². The molecule has 1 aromatic heterocycles. The lowest BCUT2D eigenvalue weighted by Crippen LogP contribution is -2.40. The van der Waals surface area contributed by atoms with Gasteiger partial charge in [-0.3, -0.25) is 9.59 Å². The van der Waals surface area contributed by atoms with Gasteiger partial charge in [0.05, 0.1) is 11.4 Å². The van der Waals surface area contributed by atoms with Crippen LogP contribution in [-0.2, 0) is 4.79 Å². The fraction of sp³-hybridized carbons (Fsp3) is 0.375. The first kappa shape index (κ1) is 15.5. The number of rotatable bonds is 5. The lowest BCUT2D eigenvalue weighted by atomic mass is 10.2. The first-order valence-electron chi connectivity index (χ1n) is 7.08. The third-order valence-corrected chi connectivity index (χ3v) is 4.58. The summed E-state index contributed by atoms with van der Waals surface area (Å²) < 4.78 is 1.09. The summed E-state index contributed by atoms with van der Waals surface area (Å²) in [6.07, 6.45) is 0. The van der Waals surface area contributed by atoms with Gasteiger partial charge in [-0.2, -0.15) is 0 Å². The molecular formula is C16H20N2O2S. The summed E-state index contributed by atoms with van der Waals surface area (Å²) >= 11 is 1.46. The van der Waals surface area contributed by atoms with Crippen molar-refractivity contribution in [1.29, 1.82) is 0 Å². The van der Waals surface area contributed by atoms with E-state index in [1.165, 1.54) is 16.2 Å². The van der Waals surface area contributed by atoms with E-state index in [4.69, 9.17) is 0 Å². The molecule has 2 amide bonds. The van der Waals surface area contributed by atoms with Crippen LogP contribution in [0.4, 0.5) is 0 Å². The van der Waals surface area contributed by atoms with E-state index < -0.39 is 0 Å². The van der Waals surface area contributed by atoms with Gasteiger partial charge in [-0.15, -0.1) is 11.3 Å². The minimum atomic E-state index is -0.100. The minimum absolute atomic E-state index is 0.0167. The van der Waals surface area contributed by atoms with E-state index in [2.05, 4.69) is 0 Å². The topological polar surface area (TPSA) is 40.6 Å². The third-order valence-electron chi connectivity index (χ3n) is 3.47. The number of carbonyl (C=O) groups is 2. The highest BCUT2D eigenvalue weighted by Gasteiger charge is 2.19. The second-order valence-electron chi connectivity index (χ2n) is 4.88. The Balaban J connectivity index is 2.10. The van der Waals surface area contributed by atoms with Gasteiger partial charge in [-0.25, -0.2) is 0 Å². The fourth-order valence-electron chi connectivity index (χ4n) is 2.23. The van der Waals surface area contributed by atoms with E-state index >= 15 is 0 Å². The van der Waals surface area contributed by atoms with Gasteiger partial charge in [0.25, 0.3) is 5.91 Å². The molecule has 0 bridgehead atoms. The molecule has 0 radical (unpaired) electrons. The molecule has 2 rings (SSSR count). The molecule has 0 fully saturated rings. The number of likely N-dealkylation sites (N-methyl/N-ethyl adjacent to an activating group) is 2. The van der Waals surface area contributed by atoms with Crippen LogP contribution in [0, 0.1) is 0 Å². The lowest BCUT2D eigenvalue weighted by molar-refractivity contribution is -0.131. The normalized spacial score (nSPS) is 10.6. The molecule has 0 unspecified atom stereocenters. The first-order valence-corrected chi connectivity index (χ1v) is 7.90. The summed E-state index contributed by atoms with van der Waals surface area (Å²) in [4.78, 5) is 28.4. The van der Waals surface area contributed by atoms with Crippen molar-refractivity contribution in [3.05, 3.63) is 35.2 Å². The average molecular weight is 304 g/mol. The van der Waals surface area contributed by atoms with Crippen molar-refractivity contribution in [2.24, 2.45) is 0 Å². The molecule has 1 aromatic carbocycles.